The maximum atomic E-state index is 11.8. The molecule has 2 amide bonds. The Morgan fingerprint density at radius 3 is 2.65 bits per heavy atom. The number of rotatable bonds is 4. The van der Waals surface area contributed by atoms with Gasteiger partial charge in [-0.25, -0.2) is 4.79 Å². The van der Waals surface area contributed by atoms with Gasteiger partial charge in [-0.15, -0.1) is 11.8 Å². The summed E-state index contributed by atoms with van der Waals surface area (Å²) in [6, 6.07) is 8.08. The van der Waals surface area contributed by atoms with Crippen molar-refractivity contribution in [3.8, 4) is 0 Å². The van der Waals surface area contributed by atoms with Crippen LogP contribution in [-0.2, 0) is 14.4 Å². The molecule has 1 heterocycles. The fourth-order valence-electron chi connectivity index (χ4n) is 1.78. The lowest BCUT2D eigenvalue weighted by molar-refractivity contribution is -0.141. The molecule has 0 radical (unpaired) electrons. The highest BCUT2D eigenvalue weighted by atomic mass is 32.2. The van der Waals surface area contributed by atoms with Crippen LogP contribution in [0.15, 0.2) is 30.3 Å². The van der Waals surface area contributed by atoms with Crippen molar-refractivity contribution in [3.05, 3.63) is 30.3 Å². The Hall–Kier alpha value is -2.02. The summed E-state index contributed by atoms with van der Waals surface area (Å²) >= 11 is 1.19. The number of amides is 2. The summed E-state index contributed by atoms with van der Waals surface area (Å²) in [4.78, 5) is 34.3. The molecule has 3 N–H and O–H groups in total. The molecule has 1 aliphatic rings. The van der Waals surface area contributed by atoms with Gasteiger partial charge in [0.25, 0.3) is 0 Å². The van der Waals surface area contributed by atoms with E-state index in [4.69, 9.17) is 5.11 Å². The Balaban J connectivity index is 1.86. The second kappa shape index (κ2) is 6.42. The Bertz CT molecular complexity index is 520. The molecule has 2 rings (SSSR count). The molecule has 6 nitrogen and oxygen atoms in total. The molecule has 1 saturated heterocycles. The first kappa shape index (κ1) is 14.4. The number of hydrogen-bond acceptors (Lipinski definition) is 4. The van der Waals surface area contributed by atoms with Crippen molar-refractivity contribution in [2.75, 3.05) is 11.1 Å². The van der Waals surface area contributed by atoms with Crippen LogP contribution in [0.25, 0.3) is 0 Å². The average molecular weight is 294 g/mol. The van der Waals surface area contributed by atoms with E-state index >= 15 is 0 Å². The number of para-hydroxylation sites is 1. The number of hydrogen-bond donors (Lipinski definition) is 3. The van der Waals surface area contributed by atoms with E-state index in [0.717, 1.165) is 0 Å². The van der Waals surface area contributed by atoms with Gasteiger partial charge in [-0.1, -0.05) is 18.2 Å². The van der Waals surface area contributed by atoms with Crippen LogP contribution in [0.1, 0.15) is 6.42 Å². The molecule has 7 heteroatoms. The van der Waals surface area contributed by atoms with E-state index in [1.807, 2.05) is 6.07 Å². The van der Waals surface area contributed by atoms with E-state index in [1.54, 1.807) is 24.3 Å². The van der Waals surface area contributed by atoms with Gasteiger partial charge in [0, 0.05) is 17.9 Å². The van der Waals surface area contributed by atoms with Crippen molar-refractivity contribution in [3.63, 3.8) is 0 Å². The zero-order chi connectivity index (χ0) is 14.5. The lowest BCUT2D eigenvalue weighted by atomic mass is 10.2. The fraction of sp³-hybridized carbons (Fsp3) is 0.308. The van der Waals surface area contributed by atoms with Crippen molar-refractivity contribution in [2.45, 2.75) is 17.7 Å². The molecular weight excluding hydrogens is 280 g/mol. The predicted octanol–water partition coefficient (Wildman–Crippen LogP) is 0.700. The molecule has 106 valence electrons. The lowest BCUT2D eigenvalue weighted by Gasteiger charge is -2.25. The largest absolute Gasteiger partial charge is 0.480 e. The Morgan fingerprint density at radius 2 is 2.05 bits per heavy atom. The molecule has 2 atom stereocenters. The number of aliphatic carboxylic acids is 1. The number of carbonyl (C=O) groups excluding carboxylic acids is 2. The summed E-state index contributed by atoms with van der Waals surface area (Å²) in [5.41, 5.74) is 0.669. The molecule has 0 unspecified atom stereocenters. The molecule has 0 aliphatic carbocycles. The summed E-state index contributed by atoms with van der Waals surface area (Å²) < 4.78 is 0. The summed E-state index contributed by atoms with van der Waals surface area (Å²) in [5, 5.41) is 13.4. The first-order valence-electron chi connectivity index (χ1n) is 6.06. The Morgan fingerprint density at radius 1 is 1.35 bits per heavy atom. The first-order valence-corrected chi connectivity index (χ1v) is 7.11. The number of carboxylic acids is 1. The van der Waals surface area contributed by atoms with Crippen LogP contribution in [0.5, 0.6) is 0 Å². The molecule has 20 heavy (non-hydrogen) atoms. The van der Waals surface area contributed by atoms with Gasteiger partial charge in [-0.05, 0) is 12.1 Å². The maximum absolute atomic E-state index is 11.8. The fourth-order valence-corrected chi connectivity index (χ4v) is 2.92. The van der Waals surface area contributed by atoms with E-state index in [0.29, 0.717) is 5.69 Å². The van der Waals surface area contributed by atoms with Crippen LogP contribution in [0, 0.1) is 0 Å². The van der Waals surface area contributed by atoms with Gasteiger partial charge < -0.3 is 15.7 Å². The van der Waals surface area contributed by atoms with E-state index < -0.39 is 23.2 Å². The minimum atomic E-state index is -1.06. The second-order valence-electron chi connectivity index (χ2n) is 4.34. The van der Waals surface area contributed by atoms with E-state index in [1.165, 1.54) is 11.8 Å². The van der Waals surface area contributed by atoms with Gasteiger partial charge in [0.15, 0.2) is 0 Å². The van der Waals surface area contributed by atoms with Crippen molar-refractivity contribution in [1.29, 1.82) is 0 Å². The minimum absolute atomic E-state index is 0.0255. The number of nitrogens with one attached hydrogen (secondary N) is 2. The number of carbonyl (C=O) groups is 3. The lowest BCUT2D eigenvalue weighted by Crippen LogP contribution is -2.51. The zero-order valence-electron chi connectivity index (χ0n) is 10.5. The highest BCUT2D eigenvalue weighted by Gasteiger charge is 2.33. The van der Waals surface area contributed by atoms with Crippen LogP contribution in [0.3, 0.4) is 0 Å². The number of thioether (sulfide) groups is 1. The van der Waals surface area contributed by atoms with Gasteiger partial charge in [-0.2, -0.15) is 0 Å². The van der Waals surface area contributed by atoms with Crippen LogP contribution in [-0.4, -0.2) is 39.9 Å². The molecule has 0 bridgehead atoms. The van der Waals surface area contributed by atoms with Crippen LogP contribution in [0.2, 0.25) is 0 Å². The summed E-state index contributed by atoms with van der Waals surface area (Å²) in [5.74, 6) is -1.46. The number of benzene rings is 1. The van der Waals surface area contributed by atoms with Crippen LogP contribution >= 0.6 is 11.8 Å². The summed E-state index contributed by atoms with van der Waals surface area (Å²) in [6.07, 6.45) is 0.0255. The van der Waals surface area contributed by atoms with Gasteiger partial charge >= 0.3 is 5.97 Å². The van der Waals surface area contributed by atoms with Crippen molar-refractivity contribution in [1.82, 2.24) is 5.32 Å². The number of anilines is 1. The third kappa shape index (κ3) is 3.74. The van der Waals surface area contributed by atoms with Gasteiger partial charge in [0.05, 0.1) is 5.25 Å². The smallest absolute Gasteiger partial charge is 0.327 e. The Labute approximate surface area is 119 Å². The van der Waals surface area contributed by atoms with Crippen LogP contribution in [0.4, 0.5) is 5.69 Å². The van der Waals surface area contributed by atoms with Crippen LogP contribution < -0.4 is 10.6 Å². The standard InChI is InChI=1S/C13H14N2O4S/c16-11(14-8-4-2-1-3-5-8)6-10-12(17)15-9(7-20-10)13(18)19/h1-5,9-10H,6-7H2,(H,14,16)(H,15,17)(H,18,19)/t9-,10+/m1/s1. The van der Waals surface area contributed by atoms with Gasteiger partial charge in [-0.3, -0.25) is 9.59 Å². The quantitative estimate of drug-likeness (QED) is 0.760. The van der Waals surface area contributed by atoms with E-state index in [-0.39, 0.29) is 18.1 Å². The maximum Gasteiger partial charge on any atom is 0.327 e. The zero-order valence-corrected chi connectivity index (χ0v) is 11.4. The van der Waals surface area contributed by atoms with Crippen molar-refractivity contribution in [2.24, 2.45) is 0 Å². The normalized spacial score (nSPS) is 21.9. The monoisotopic (exact) mass is 294 g/mol. The number of carboxylic acid groups (broad SMARTS) is 1. The van der Waals surface area contributed by atoms with Crippen molar-refractivity contribution < 1.29 is 19.5 Å². The van der Waals surface area contributed by atoms with E-state index in [9.17, 15) is 14.4 Å². The predicted molar refractivity (Wildman–Crippen MR) is 75.5 cm³/mol. The highest BCUT2D eigenvalue weighted by molar-refractivity contribution is 8.00. The SMILES string of the molecule is O=C(C[C@@H]1SC[C@H](C(=O)O)NC1=O)Nc1ccccc1. The molecule has 0 aromatic heterocycles. The topological polar surface area (TPSA) is 95.5 Å². The minimum Gasteiger partial charge on any atom is -0.480 e. The van der Waals surface area contributed by atoms with E-state index in [2.05, 4.69) is 10.6 Å². The van der Waals surface area contributed by atoms with Crippen molar-refractivity contribution >= 4 is 35.2 Å². The third-order valence-corrected chi connectivity index (χ3v) is 4.11. The summed E-state index contributed by atoms with van der Waals surface area (Å²) in [6.45, 7) is 0. The Kier molecular flexibility index (Phi) is 4.62. The van der Waals surface area contributed by atoms with Gasteiger partial charge in [0.2, 0.25) is 11.8 Å². The molecular formula is C13H14N2O4S. The highest BCUT2D eigenvalue weighted by Crippen LogP contribution is 2.21. The molecule has 1 aromatic carbocycles. The summed E-state index contributed by atoms with van der Waals surface area (Å²) in [7, 11) is 0. The molecule has 0 spiro atoms. The second-order valence-corrected chi connectivity index (χ2v) is 5.58. The van der Waals surface area contributed by atoms with Gasteiger partial charge in [0.1, 0.15) is 6.04 Å². The molecule has 1 fully saturated rings. The average Bonchev–Trinajstić information content (AvgIpc) is 2.42. The molecule has 1 aliphatic heterocycles. The molecule has 0 saturated carbocycles. The third-order valence-electron chi connectivity index (χ3n) is 2.80. The first-order chi connectivity index (χ1) is 9.56. The molecule has 1 aromatic rings.